The van der Waals surface area contributed by atoms with Gasteiger partial charge in [0, 0.05) is 9.75 Å². The van der Waals surface area contributed by atoms with E-state index in [9.17, 15) is 13.2 Å². The molecule has 1 heterocycles. The SMILES string of the molecule is COC(=O)C1(NS(=O)(=O)c2cc(C)sc2C)CCCCCC1. The van der Waals surface area contributed by atoms with E-state index >= 15 is 0 Å². The van der Waals surface area contributed by atoms with E-state index in [1.807, 2.05) is 6.92 Å². The van der Waals surface area contributed by atoms with Gasteiger partial charge in [-0.15, -0.1) is 11.3 Å². The highest BCUT2D eigenvalue weighted by atomic mass is 32.2. The molecule has 1 fully saturated rings. The number of methoxy groups -OCH3 is 1. The molecule has 0 radical (unpaired) electrons. The van der Waals surface area contributed by atoms with Gasteiger partial charge < -0.3 is 4.74 Å². The molecule has 1 aromatic heterocycles. The molecule has 1 saturated carbocycles. The van der Waals surface area contributed by atoms with Crippen LogP contribution in [-0.4, -0.2) is 27.0 Å². The van der Waals surface area contributed by atoms with Crippen LogP contribution in [0.2, 0.25) is 0 Å². The van der Waals surface area contributed by atoms with Crippen molar-refractivity contribution in [3.63, 3.8) is 0 Å². The monoisotopic (exact) mass is 345 g/mol. The lowest BCUT2D eigenvalue weighted by Crippen LogP contribution is -2.54. The number of sulfonamides is 1. The molecule has 1 aromatic rings. The van der Waals surface area contributed by atoms with Crippen LogP contribution >= 0.6 is 11.3 Å². The fourth-order valence-corrected chi connectivity index (χ4v) is 6.03. The maximum absolute atomic E-state index is 12.8. The fourth-order valence-electron chi connectivity index (χ4n) is 3.06. The quantitative estimate of drug-likeness (QED) is 0.673. The van der Waals surface area contributed by atoms with Gasteiger partial charge >= 0.3 is 5.97 Å². The number of hydrogen-bond donors (Lipinski definition) is 1. The topological polar surface area (TPSA) is 72.5 Å². The van der Waals surface area contributed by atoms with E-state index in [1.54, 1.807) is 13.0 Å². The van der Waals surface area contributed by atoms with Gasteiger partial charge in [0.2, 0.25) is 10.0 Å². The number of aryl methyl sites for hydroxylation is 2. The third-order valence-corrected chi connectivity index (χ3v) is 6.91. The van der Waals surface area contributed by atoms with Crippen LogP contribution < -0.4 is 4.72 Å². The average Bonchev–Trinajstić information content (AvgIpc) is 2.66. The highest BCUT2D eigenvalue weighted by Gasteiger charge is 2.43. The average molecular weight is 345 g/mol. The van der Waals surface area contributed by atoms with Crippen LogP contribution in [0.4, 0.5) is 0 Å². The Bertz CT molecular complexity index is 640. The van der Waals surface area contributed by atoms with Crippen molar-refractivity contribution in [1.29, 1.82) is 0 Å². The summed E-state index contributed by atoms with van der Waals surface area (Å²) in [6.45, 7) is 3.66. The van der Waals surface area contributed by atoms with Gasteiger partial charge in [-0.25, -0.2) is 8.42 Å². The maximum Gasteiger partial charge on any atom is 0.327 e. The summed E-state index contributed by atoms with van der Waals surface area (Å²) in [6.07, 6.45) is 4.63. The molecule has 1 aliphatic rings. The summed E-state index contributed by atoms with van der Waals surface area (Å²) in [4.78, 5) is 14.2. The minimum Gasteiger partial charge on any atom is -0.468 e. The Hall–Kier alpha value is -0.920. The summed E-state index contributed by atoms with van der Waals surface area (Å²) in [5.74, 6) is -0.484. The van der Waals surface area contributed by atoms with E-state index in [0.717, 1.165) is 35.4 Å². The summed E-state index contributed by atoms with van der Waals surface area (Å²) in [5, 5.41) is 0. The highest BCUT2D eigenvalue weighted by molar-refractivity contribution is 7.89. The first-order chi connectivity index (χ1) is 10.3. The molecule has 0 bridgehead atoms. The molecule has 0 unspecified atom stereocenters. The van der Waals surface area contributed by atoms with Gasteiger partial charge in [0.05, 0.1) is 12.0 Å². The Labute approximate surface area is 136 Å². The Morgan fingerprint density at radius 3 is 2.27 bits per heavy atom. The third kappa shape index (κ3) is 3.52. The molecule has 0 aliphatic heterocycles. The number of ether oxygens (including phenoxy) is 1. The number of carbonyl (C=O) groups excluding carboxylic acids is 1. The standard InChI is InChI=1S/C15H23NO4S2/c1-11-10-13(12(2)21-11)22(18,19)16-15(14(17)20-3)8-6-4-5-7-9-15/h10,16H,4-9H2,1-3H3. The fraction of sp³-hybridized carbons (Fsp3) is 0.667. The van der Waals surface area contributed by atoms with Crippen molar-refractivity contribution in [2.45, 2.75) is 62.8 Å². The molecule has 0 amide bonds. The van der Waals surface area contributed by atoms with E-state index in [-0.39, 0.29) is 4.90 Å². The molecule has 1 aliphatic carbocycles. The van der Waals surface area contributed by atoms with E-state index < -0.39 is 21.5 Å². The third-order valence-electron chi connectivity index (χ3n) is 4.15. The van der Waals surface area contributed by atoms with Gasteiger partial charge in [-0.2, -0.15) is 4.72 Å². The number of hydrogen-bond acceptors (Lipinski definition) is 5. The molecule has 1 N–H and O–H groups in total. The number of rotatable bonds is 4. The van der Waals surface area contributed by atoms with Crippen molar-refractivity contribution < 1.29 is 17.9 Å². The van der Waals surface area contributed by atoms with Crippen molar-refractivity contribution >= 4 is 27.3 Å². The lowest BCUT2D eigenvalue weighted by molar-refractivity contribution is -0.148. The lowest BCUT2D eigenvalue weighted by Gasteiger charge is -2.30. The number of carbonyl (C=O) groups is 1. The first kappa shape index (κ1) is 17.4. The lowest BCUT2D eigenvalue weighted by atomic mass is 9.92. The van der Waals surface area contributed by atoms with E-state index in [2.05, 4.69) is 4.72 Å². The molecule has 0 atom stereocenters. The minimum absolute atomic E-state index is 0.266. The normalized spacial score (nSPS) is 18.7. The number of nitrogens with one attached hydrogen (secondary N) is 1. The highest BCUT2D eigenvalue weighted by Crippen LogP contribution is 2.32. The second-order valence-corrected chi connectivity index (χ2v) is 8.98. The smallest absolute Gasteiger partial charge is 0.327 e. The van der Waals surface area contributed by atoms with Crippen LogP contribution in [0, 0.1) is 13.8 Å². The van der Waals surface area contributed by atoms with Crippen LogP contribution in [0.15, 0.2) is 11.0 Å². The molecule has 2 rings (SSSR count). The largest absolute Gasteiger partial charge is 0.468 e. The van der Waals surface area contributed by atoms with Crippen molar-refractivity contribution in [3.05, 3.63) is 15.8 Å². The Kier molecular flexibility index (Phi) is 5.29. The van der Waals surface area contributed by atoms with Gasteiger partial charge in [0.25, 0.3) is 0 Å². The van der Waals surface area contributed by atoms with Crippen LogP contribution in [0.5, 0.6) is 0 Å². The van der Waals surface area contributed by atoms with Crippen LogP contribution in [-0.2, 0) is 19.6 Å². The zero-order valence-corrected chi connectivity index (χ0v) is 14.9. The maximum atomic E-state index is 12.8. The number of esters is 1. The van der Waals surface area contributed by atoms with Crippen LogP contribution in [0.3, 0.4) is 0 Å². The second-order valence-electron chi connectivity index (χ2n) is 5.87. The Balaban J connectivity index is 2.37. The predicted molar refractivity (Wildman–Crippen MR) is 86.6 cm³/mol. The predicted octanol–water partition coefficient (Wildman–Crippen LogP) is 2.91. The molecule has 0 aromatic carbocycles. The van der Waals surface area contributed by atoms with Crippen molar-refractivity contribution in [3.8, 4) is 0 Å². The van der Waals surface area contributed by atoms with Gasteiger partial charge in [-0.3, -0.25) is 4.79 Å². The Morgan fingerprint density at radius 2 is 1.82 bits per heavy atom. The second kappa shape index (κ2) is 6.68. The summed E-state index contributed by atoms with van der Waals surface area (Å²) in [5.41, 5.74) is -1.13. The summed E-state index contributed by atoms with van der Waals surface area (Å²) in [7, 11) is -2.43. The van der Waals surface area contributed by atoms with E-state index in [1.165, 1.54) is 18.4 Å². The molecular formula is C15H23NO4S2. The summed E-state index contributed by atoms with van der Waals surface area (Å²) in [6, 6.07) is 1.66. The van der Waals surface area contributed by atoms with Crippen LogP contribution in [0.25, 0.3) is 0 Å². The van der Waals surface area contributed by atoms with E-state index in [0.29, 0.717) is 12.8 Å². The first-order valence-corrected chi connectivity index (χ1v) is 9.80. The zero-order chi connectivity index (χ0) is 16.4. The first-order valence-electron chi connectivity index (χ1n) is 7.50. The molecule has 22 heavy (non-hydrogen) atoms. The van der Waals surface area contributed by atoms with E-state index in [4.69, 9.17) is 4.74 Å². The van der Waals surface area contributed by atoms with Gasteiger partial charge in [-0.05, 0) is 32.8 Å². The summed E-state index contributed by atoms with van der Waals surface area (Å²) < 4.78 is 33.1. The number of thiophene rings is 1. The van der Waals surface area contributed by atoms with Crippen LogP contribution in [0.1, 0.15) is 48.3 Å². The Morgan fingerprint density at radius 1 is 1.23 bits per heavy atom. The minimum atomic E-state index is -3.74. The van der Waals surface area contributed by atoms with Crippen molar-refractivity contribution in [2.24, 2.45) is 0 Å². The molecule has 0 saturated heterocycles. The summed E-state index contributed by atoms with van der Waals surface area (Å²) >= 11 is 1.44. The zero-order valence-electron chi connectivity index (χ0n) is 13.3. The van der Waals surface area contributed by atoms with Crippen molar-refractivity contribution in [2.75, 3.05) is 7.11 Å². The molecular weight excluding hydrogens is 322 g/mol. The molecule has 124 valence electrons. The molecule has 0 spiro atoms. The van der Waals surface area contributed by atoms with Crippen molar-refractivity contribution in [1.82, 2.24) is 4.72 Å². The van der Waals surface area contributed by atoms with Gasteiger partial charge in [-0.1, -0.05) is 25.7 Å². The molecule has 5 nitrogen and oxygen atoms in total. The van der Waals surface area contributed by atoms with Gasteiger partial charge in [0.1, 0.15) is 5.54 Å². The molecule has 7 heteroatoms. The van der Waals surface area contributed by atoms with Gasteiger partial charge in [0.15, 0.2) is 0 Å².